The molecule has 0 aliphatic rings. The highest BCUT2D eigenvalue weighted by Gasteiger charge is 2.40. The van der Waals surface area contributed by atoms with Gasteiger partial charge in [0.05, 0.1) is 6.20 Å². The van der Waals surface area contributed by atoms with E-state index in [9.17, 15) is 5.11 Å². The van der Waals surface area contributed by atoms with Crippen molar-refractivity contribution in [2.75, 3.05) is 0 Å². The van der Waals surface area contributed by atoms with Crippen molar-refractivity contribution in [3.8, 4) is 12.3 Å². The predicted molar refractivity (Wildman–Crippen MR) is 54.2 cm³/mol. The van der Waals surface area contributed by atoms with E-state index in [4.69, 9.17) is 6.42 Å². The third-order valence-electron chi connectivity index (χ3n) is 2.30. The smallest absolute Gasteiger partial charge is 0.157 e. The largest absolute Gasteiger partial charge is 0.373 e. The highest BCUT2D eigenvalue weighted by atomic mass is 16.3. The van der Waals surface area contributed by atoms with Crippen molar-refractivity contribution < 1.29 is 5.11 Å². The lowest BCUT2D eigenvalue weighted by Gasteiger charge is -2.35. The van der Waals surface area contributed by atoms with Gasteiger partial charge in [-0.2, -0.15) is 10.2 Å². The van der Waals surface area contributed by atoms with E-state index < -0.39 is 11.0 Å². The van der Waals surface area contributed by atoms with E-state index in [1.54, 1.807) is 6.07 Å². The molecule has 1 aromatic rings. The Balaban J connectivity index is 3.25. The summed E-state index contributed by atoms with van der Waals surface area (Å²) in [6.45, 7) is 5.65. The zero-order chi connectivity index (χ0) is 10.8. The van der Waals surface area contributed by atoms with E-state index in [2.05, 4.69) is 16.1 Å². The van der Waals surface area contributed by atoms with E-state index in [1.165, 1.54) is 12.4 Å². The van der Waals surface area contributed by atoms with Gasteiger partial charge in [0.2, 0.25) is 0 Å². The van der Waals surface area contributed by atoms with Crippen molar-refractivity contribution in [1.82, 2.24) is 10.2 Å². The van der Waals surface area contributed by atoms with Crippen molar-refractivity contribution in [2.45, 2.75) is 26.4 Å². The van der Waals surface area contributed by atoms with E-state index in [0.717, 1.165) is 0 Å². The maximum Gasteiger partial charge on any atom is 0.157 e. The molecule has 3 heteroatoms. The first-order valence-electron chi connectivity index (χ1n) is 4.39. The van der Waals surface area contributed by atoms with Crippen LogP contribution in [0.25, 0.3) is 0 Å². The Kier molecular flexibility index (Phi) is 2.59. The SMILES string of the molecule is C#CC(O)(c1ccnnc1)C(C)(C)C. The molecule has 0 fully saturated rings. The van der Waals surface area contributed by atoms with Crippen LogP contribution in [0.4, 0.5) is 0 Å². The lowest BCUT2D eigenvalue weighted by molar-refractivity contribution is -0.00926. The molecule has 1 unspecified atom stereocenters. The van der Waals surface area contributed by atoms with Crippen LogP contribution < -0.4 is 0 Å². The molecule has 0 aromatic carbocycles. The van der Waals surface area contributed by atoms with E-state index in [1.807, 2.05) is 20.8 Å². The topological polar surface area (TPSA) is 46.0 Å². The zero-order valence-corrected chi connectivity index (χ0v) is 8.65. The van der Waals surface area contributed by atoms with Crippen molar-refractivity contribution in [3.05, 3.63) is 24.0 Å². The maximum absolute atomic E-state index is 10.3. The van der Waals surface area contributed by atoms with Gasteiger partial charge in [0.15, 0.2) is 5.60 Å². The van der Waals surface area contributed by atoms with Crippen LogP contribution in [0, 0.1) is 17.8 Å². The van der Waals surface area contributed by atoms with E-state index in [0.29, 0.717) is 5.56 Å². The predicted octanol–water partition coefficient (Wildman–Crippen LogP) is 1.34. The molecule has 0 saturated heterocycles. The molecule has 1 heterocycles. The summed E-state index contributed by atoms with van der Waals surface area (Å²) in [4.78, 5) is 0. The summed E-state index contributed by atoms with van der Waals surface area (Å²) in [5.74, 6) is 2.42. The Morgan fingerprint density at radius 3 is 2.36 bits per heavy atom. The second-order valence-electron chi connectivity index (χ2n) is 4.24. The summed E-state index contributed by atoms with van der Waals surface area (Å²) >= 11 is 0. The molecule has 0 radical (unpaired) electrons. The third kappa shape index (κ3) is 1.61. The Hall–Kier alpha value is -1.40. The molecule has 0 bridgehead atoms. The minimum atomic E-state index is -1.30. The Morgan fingerprint density at radius 2 is 2.00 bits per heavy atom. The summed E-state index contributed by atoms with van der Waals surface area (Å²) in [5, 5.41) is 17.7. The minimum Gasteiger partial charge on any atom is -0.373 e. The van der Waals surface area contributed by atoms with Crippen LogP contribution in [0.2, 0.25) is 0 Å². The molecule has 0 spiro atoms. The van der Waals surface area contributed by atoms with Crippen LogP contribution in [0.3, 0.4) is 0 Å². The molecule has 1 N–H and O–H groups in total. The summed E-state index contributed by atoms with van der Waals surface area (Å²) in [6, 6.07) is 1.68. The van der Waals surface area contributed by atoms with Crippen LogP contribution in [-0.2, 0) is 5.60 Å². The average Bonchev–Trinajstić information content (AvgIpc) is 2.16. The number of hydrogen-bond acceptors (Lipinski definition) is 3. The number of rotatable bonds is 1. The molecule has 0 aliphatic carbocycles. The van der Waals surface area contributed by atoms with Crippen molar-refractivity contribution in [2.24, 2.45) is 5.41 Å². The second-order valence-corrected chi connectivity index (χ2v) is 4.24. The highest BCUT2D eigenvalue weighted by molar-refractivity contribution is 5.29. The number of hydrogen-bond donors (Lipinski definition) is 1. The molecule has 14 heavy (non-hydrogen) atoms. The van der Waals surface area contributed by atoms with Gasteiger partial charge in [-0.15, -0.1) is 6.42 Å². The molecule has 0 aliphatic heterocycles. The van der Waals surface area contributed by atoms with Gasteiger partial charge in [-0.3, -0.25) is 0 Å². The van der Waals surface area contributed by atoms with Crippen LogP contribution >= 0.6 is 0 Å². The van der Waals surface area contributed by atoms with Gasteiger partial charge in [-0.05, 0) is 6.07 Å². The Labute approximate surface area is 84.2 Å². The van der Waals surface area contributed by atoms with Gasteiger partial charge >= 0.3 is 0 Å². The van der Waals surface area contributed by atoms with Crippen LogP contribution in [0.1, 0.15) is 26.3 Å². The molecular weight excluding hydrogens is 176 g/mol. The lowest BCUT2D eigenvalue weighted by Crippen LogP contribution is -2.38. The summed E-state index contributed by atoms with van der Waals surface area (Å²) in [7, 11) is 0. The molecule has 1 aromatic heterocycles. The van der Waals surface area contributed by atoms with Crippen molar-refractivity contribution in [3.63, 3.8) is 0 Å². The first kappa shape index (κ1) is 10.7. The molecule has 3 nitrogen and oxygen atoms in total. The van der Waals surface area contributed by atoms with Gasteiger partial charge in [-0.1, -0.05) is 26.7 Å². The van der Waals surface area contributed by atoms with Crippen molar-refractivity contribution >= 4 is 0 Å². The highest BCUT2D eigenvalue weighted by Crippen LogP contribution is 2.37. The number of aliphatic hydroxyl groups is 1. The first-order chi connectivity index (χ1) is 6.42. The Morgan fingerprint density at radius 1 is 1.36 bits per heavy atom. The van der Waals surface area contributed by atoms with Crippen LogP contribution in [-0.4, -0.2) is 15.3 Å². The first-order valence-corrected chi connectivity index (χ1v) is 4.39. The fourth-order valence-corrected chi connectivity index (χ4v) is 1.24. The Bertz CT molecular complexity index is 348. The minimum absolute atomic E-state index is 0.440. The summed E-state index contributed by atoms with van der Waals surface area (Å²) in [6.07, 6.45) is 8.39. The molecule has 74 valence electrons. The monoisotopic (exact) mass is 190 g/mol. The quantitative estimate of drug-likeness (QED) is 0.680. The van der Waals surface area contributed by atoms with Crippen LogP contribution in [0.5, 0.6) is 0 Å². The second kappa shape index (κ2) is 3.39. The lowest BCUT2D eigenvalue weighted by atomic mass is 9.73. The average molecular weight is 190 g/mol. The summed E-state index contributed by atoms with van der Waals surface area (Å²) < 4.78 is 0. The van der Waals surface area contributed by atoms with E-state index >= 15 is 0 Å². The summed E-state index contributed by atoms with van der Waals surface area (Å²) in [5.41, 5.74) is -1.14. The molecule has 0 amide bonds. The fraction of sp³-hybridized carbons (Fsp3) is 0.455. The third-order valence-corrected chi connectivity index (χ3v) is 2.30. The van der Waals surface area contributed by atoms with E-state index in [-0.39, 0.29) is 0 Å². The van der Waals surface area contributed by atoms with Gasteiger partial charge in [-0.25, -0.2) is 0 Å². The normalized spacial score (nSPS) is 15.6. The molecular formula is C11H14N2O. The van der Waals surface area contributed by atoms with Gasteiger partial charge in [0.25, 0.3) is 0 Å². The molecule has 0 saturated carbocycles. The van der Waals surface area contributed by atoms with Gasteiger partial charge < -0.3 is 5.11 Å². The van der Waals surface area contributed by atoms with Crippen molar-refractivity contribution in [1.29, 1.82) is 0 Å². The number of aromatic nitrogens is 2. The van der Waals surface area contributed by atoms with Crippen LogP contribution in [0.15, 0.2) is 18.5 Å². The fourth-order valence-electron chi connectivity index (χ4n) is 1.24. The standard InChI is InChI=1S/C11H14N2O/c1-5-11(14,10(2,3)4)9-6-7-12-13-8-9/h1,6-8,14H,2-4H3. The molecule has 1 atom stereocenters. The number of nitrogens with zero attached hydrogens (tertiary/aromatic N) is 2. The van der Waals surface area contributed by atoms with Gasteiger partial charge in [0, 0.05) is 17.2 Å². The van der Waals surface area contributed by atoms with Gasteiger partial charge in [0.1, 0.15) is 0 Å². The maximum atomic E-state index is 10.3. The zero-order valence-electron chi connectivity index (χ0n) is 8.65. The molecule has 1 rings (SSSR count). The number of terminal acetylenes is 1.